The highest BCUT2D eigenvalue weighted by Gasteiger charge is 2.13. The Morgan fingerprint density at radius 2 is 1.86 bits per heavy atom. The number of aromatic nitrogens is 1. The minimum atomic E-state index is -0.0397. The smallest absolute Gasteiger partial charge is 0.255 e. The van der Waals surface area contributed by atoms with Crippen molar-refractivity contribution in [2.75, 3.05) is 5.32 Å². The molecule has 0 saturated carbocycles. The first-order chi connectivity index (χ1) is 10.8. The predicted octanol–water partition coefficient (Wildman–Crippen LogP) is 4.30. The topological polar surface area (TPSA) is 44.9 Å². The zero-order chi connectivity index (χ0) is 14.9. The van der Waals surface area contributed by atoms with Gasteiger partial charge in [0.05, 0.1) is 5.69 Å². The molecule has 0 bridgehead atoms. The summed E-state index contributed by atoms with van der Waals surface area (Å²) in [5.74, 6) is -0.0397. The minimum absolute atomic E-state index is 0.0397. The quantitative estimate of drug-likeness (QED) is 0.726. The van der Waals surface area contributed by atoms with Crippen LogP contribution in [0, 0.1) is 0 Å². The molecular weight excluding hydrogens is 272 g/mol. The van der Waals surface area contributed by atoms with Crippen LogP contribution in [0.25, 0.3) is 10.9 Å². The molecule has 2 aromatic carbocycles. The van der Waals surface area contributed by atoms with E-state index in [9.17, 15) is 4.79 Å². The lowest BCUT2D eigenvalue weighted by Gasteiger charge is -2.16. The van der Waals surface area contributed by atoms with Gasteiger partial charge in [-0.25, -0.2) is 0 Å². The number of nitrogens with one attached hydrogen (secondary N) is 2. The fourth-order valence-electron chi connectivity index (χ4n) is 3.26. The van der Waals surface area contributed by atoms with E-state index in [1.807, 2.05) is 36.5 Å². The molecule has 0 aliphatic heterocycles. The highest BCUT2D eigenvalue weighted by atomic mass is 16.1. The molecule has 0 spiro atoms. The Morgan fingerprint density at radius 3 is 2.77 bits per heavy atom. The molecule has 1 aliphatic carbocycles. The van der Waals surface area contributed by atoms with Crippen molar-refractivity contribution in [3.05, 3.63) is 65.4 Å². The Kier molecular flexibility index (Phi) is 3.19. The van der Waals surface area contributed by atoms with Gasteiger partial charge < -0.3 is 10.3 Å². The Bertz CT molecular complexity index is 848. The van der Waals surface area contributed by atoms with Crippen LogP contribution >= 0.6 is 0 Å². The molecule has 1 heterocycles. The Morgan fingerprint density at radius 1 is 1.00 bits per heavy atom. The molecule has 2 N–H and O–H groups in total. The van der Waals surface area contributed by atoms with E-state index >= 15 is 0 Å². The summed E-state index contributed by atoms with van der Waals surface area (Å²) in [6.45, 7) is 0. The fourth-order valence-corrected chi connectivity index (χ4v) is 3.26. The van der Waals surface area contributed by atoms with E-state index in [2.05, 4.69) is 22.4 Å². The third-order valence-electron chi connectivity index (χ3n) is 4.45. The standard InChI is InChI=1S/C19H18N2O/c22-19(15-9-8-13-4-1-2-5-14(13)12-15)21-18-7-3-6-17-16(18)10-11-20-17/h3,6-12,20H,1-2,4-5H2,(H,21,22). The Labute approximate surface area is 129 Å². The molecule has 110 valence electrons. The van der Waals surface area contributed by atoms with Crippen molar-refractivity contribution < 1.29 is 4.79 Å². The van der Waals surface area contributed by atoms with Crippen molar-refractivity contribution in [2.45, 2.75) is 25.7 Å². The monoisotopic (exact) mass is 290 g/mol. The first-order valence-electron chi connectivity index (χ1n) is 7.80. The molecule has 3 aromatic rings. The van der Waals surface area contributed by atoms with Gasteiger partial charge in [0, 0.05) is 22.7 Å². The van der Waals surface area contributed by atoms with Crippen molar-refractivity contribution >= 4 is 22.5 Å². The van der Waals surface area contributed by atoms with E-state index in [1.54, 1.807) is 0 Å². The molecule has 0 unspecified atom stereocenters. The van der Waals surface area contributed by atoms with Crippen LogP contribution in [0.1, 0.15) is 34.3 Å². The number of carbonyl (C=O) groups excluding carboxylic acids is 1. The van der Waals surface area contributed by atoms with Crippen LogP contribution in [0.3, 0.4) is 0 Å². The second-order valence-corrected chi connectivity index (χ2v) is 5.89. The van der Waals surface area contributed by atoms with Crippen LogP contribution in [0.5, 0.6) is 0 Å². The molecule has 1 amide bonds. The summed E-state index contributed by atoms with van der Waals surface area (Å²) >= 11 is 0. The van der Waals surface area contributed by atoms with Crippen LogP contribution in [-0.2, 0) is 12.8 Å². The van der Waals surface area contributed by atoms with Crippen molar-refractivity contribution in [3.63, 3.8) is 0 Å². The number of anilines is 1. The number of hydrogen-bond donors (Lipinski definition) is 2. The van der Waals surface area contributed by atoms with E-state index in [4.69, 9.17) is 0 Å². The first-order valence-corrected chi connectivity index (χ1v) is 7.80. The molecule has 3 nitrogen and oxygen atoms in total. The van der Waals surface area contributed by atoms with E-state index in [0.717, 1.165) is 35.0 Å². The molecule has 3 heteroatoms. The summed E-state index contributed by atoms with van der Waals surface area (Å²) in [7, 11) is 0. The number of carbonyl (C=O) groups is 1. The van der Waals surface area contributed by atoms with Crippen molar-refractivity contribution in [2.24, 2.45) is 0 Å². The van der Waals surface area contributed by atoms with Gasteiger partial charge in [0.15, 0.2) is 0 Å². The van der Waals surface area contributed by atoms with Crippen molar-refractivity contribution in [3.8, 4) is 0 Å². The van der Waals surface area contributed by atoms with E-state index in [1.165, 1.54) is 24.0 Å². The Hall–Kier alpha value is -2.55. The zero-order valence-corrected chi connectivity index (χ0v) is 12.4. The van der Waals surface area contributed by atoms with Gasteiger partial charge in [0.2, 0.25) is 0 Å². The highest BCUT2D eigenvalue weighted by Crippen LogP contribution is 2.25. The number of amides is 1. The maximum atomic E-state index is 12.5. The van der Waals surface area contributed by atoms with Gasteiger partial charge >= 0.3 is 0 Å². The molecule has 0 fully saturated rings. The number of H-pyrrole nitrogens is 1. The maximum Gasteiger partial charge on any atom is 0.255 e. The van der Waals surface area contributed by atoms with Crippen molar-refractivity contribution in [1.82, 2.24) is 4.98 Å². The summed E-state index contributed by atoms with van der Waals surface area (Å²) in [6.07, 6.45) is 6.59. The summed E-state index contributed by atoms with van der Waals surface area (Å²) in [5.41, 5.74) is 5.35. The van der Waals surface area contributed by atoms with E-state index < -0.39 is 0 Å². The lowest BCUT2D eigenvalue weighted by atomic mass is 9.90. The highest BCUT2D eigenvalue weighted by molar-refractivity contribution is 6.08. The largest absolute Gasteiger partial charge is 0.361 e. The number of benzene rings is 2. The van der Waals surface area contributed by atoms with Crippen LogP contribution in [0.15, 0.2) is 48.7 Å². The van der Waals surface area contributed by atoms with E-state index in [0.29, 0.717) is 0 Å². The van der Waals surface area contributed by atoms with E-state index in [-0.39, 0.29) is 5.91 Å². The summed E-state index contributed by atoms with van der Waals surface area (Å²) in [5, 5.41) is 4.07. The lowest BCUT2D eigenvalue weighted by Crippen LogP contribution is -2.13. The van der Waals surface area contributed by atoms with Gasteiger partial charge in [-0.1, -0.05) is 12.1 Å². The van der Waals surface area contributed by atoms with Gasteiger partial charge in [0.1, 0.15) is 0 Å². The van der Waals surface area contributed by atoms with Crippen LogP contribution in [0.2, 0.25) is 0 Å². The number of fused-ring (bicyclic) bond motifs is 2. The van der Waals surface area contributed by atoms with Gasteiger partial charge in [0.25, 0.3) is 5.91 Å². The molecule has 0 radical (unpaired) electrons. The van der Waals surface area contributed by atoms with Crippen LogP contribution < -0.4 is 5.32 Å². The number of rotatable bonds is 2. The molecular formula is C19H18N2O. The minimum Gasteiger partial charge on any atom is -0.361 e. The lowest BCUT2D eigenvalue weighted by molar-refractivity contribution is 0.102. The second kappa shape index (κ2) is 5.34. The van der Waals surface area contributed by atoms with Gasteiger partial charge in [-0.15, -0.1) is 0 Å². The number of hydrogen-bond acceptors (Lipinski definition) is 1. The summed E-state index contributed by atoms with van der Waals surface area (Å²) in [4.78, 5) is 15.7. The summed E-state index contributed by atoms with van der Waals surface area (Å²) in [6, 6.07) is 14.0. The van der Waals surface area contributed by atoms with Gasteiger partial charge in [-0.2, -0.15) is 0 Å². The maximum absolute atomic E-state index is 12.5. The fraction of sp³-hybridized carbons (Fsp3) is 0.211. The van der Waals surface area contributed by atoms with Crippen molar-refractivity contribution in [1.29, 1.82) is 0 Å². The average Bonchev–Trinajstić information content (AvgIpc) is 3.04. The van der Waals surface area contributed by atoms with Crippen LogP contribution in [-0.4, -0.2) is 10.9 Å². The predicted molar refractivity (Wildman–Crippen MR) is 89.3 cm³/mol. The molecule has 22 heavy (non-hydrogen) atoms. The third-order valence-corrected chi connectivity index (χ3v) is 4.45. The van der Waals surface area contributed by atoms with Crippen LogP contribution in [0.4, 0.5) is 5.69 Å². The second-order valence-electron chi connectivity index (χ2n) is 5.89. The first kappa shape index (κ1) is 13.1. The number of aryl methyl sites for hydroxylation is 2. The normalized spacial score (nSPS) is 13.8. The summed E-state index contributed by atoms with van der Waals surface area (Å²) < 4.78 is 0. The SMILES string of the molecule is O=C(Nc1cccc2[nH]ccc12)c1ccc2c(c1)CCCC2. The Balaban J connectivity index is 1.63. The van der Waals surface area contributed by atoms with Gasteiger partial charge in [-0.3, -0.25) is 4.79 Å². The molecule has 0 saturated heterocycles. The molecule has 1 aliphatic rings. The molecule has 1 aromatic heterocycles. The third kappa shape index (κ3) is 2.29. The number of aromatic amines is 1. The molecule has 0 atom stereocenters. The van der Waals surface area contributed by atoms with Gasteiger partial charge in [-0.05, 0) is 67.1 Å². The zero-order valence-electron chi connectivity index (χ0n) is 12.4. The average molecular weight is 290 g/mol. The molecule has 4 rings (SSSR count).